The standard InChI is InChI=1S/C13H12BrCl2NO3/c1-12(7-13(12,15)16)11(19)20-6-10(18)17-9-4-2-3-8(14)5-9/h2-5H,6-7H2,1H3,(H,17,18)/t12-/m0/s1. The lowest BCUT2D eigenvalue weighted by Crippen LogP contribution is -2.26. The summed E-state index contributed by atoms with van der Waals surface area (Å²) in [6, 6.07) is 7.09. The highest BCUT2D eigenvalue weighted by molar-refractivity contribution is 9.10. The van der Waals surface area contributed by atoms with Gasteiger partial charge in [0, 0.05) is 16.6 Å². The molecule has 2 rings (SSSR count). The molecular formula is C13H12BrCl2NO3. The first-order valence-electron chi connectivity index (χ1n) is 5.85. The summed E-state index contributed by atoms with van der Waals surface area (Å²) < 4.78 is 4.68. The van der Waals surface area contributed by atoms with Crippen LogP contribution in [0.25, 0.3) is 0 Å². The number of benzene rings is 1. The number of esters is 1. The first-order valence-corrected chi connectivity index (χ1v) is 7.40. The molecule has 0 heterocycles. The van der Waals surface area contributed by atoms with Gasteiger partial charge in [0.25, 0.3) is 5.91 Å². The van der Waals surface area contributed by atoms with Crippen molar-refractivity contribution in [1.29, 1.82) is 0 Å². The van der Waals surface area contributed by atoms with Crippen molar-refractivity contribution in [2.75, 3.05) is 11.9 Å². The van der Waals surface area contributed by atoms with Crippen molar-refractivity contribution < 1.29 is 14.3 Å². The van der Waals surface area contributed by atoms with Crippen LogP contribution >= 0.6 is 39.1 Å². The van der Waals surface area contributed by atoms with Crippen molar-refractivity contribution in [3.63, 3.8) is 0 Å². The first kappa shape index (κ1) is 15.6. The van der Waals surface area contributed by atoms with Crippen molar-refractivity contribution in [2.24, 2.45) is 5.41 Å². The molecule has 0 aromatic heterocycles. The van der Waals surface area contributed by atoms with Crippen molar-refractivity contribution in [3.8, 4) is 0 Å². The molecule has 1 fully saturated rings. The fourth-order valence-corrected chi connectivity index (χ4v) is 2.76. The number of hydrogen-bond donors (Lipinski definition) is 1. The Bertz CT molecular complexity index is 564. The summed E-state index contributed by atoms with van der Waals surface area (Å²) in [5.41, 5.74) is -0.311. The molecule has 108 valence electrons. The Morgan fingerprint density at radius 3 is 2.65 bits per heavy atom. The van der Waals surface area contributed by atoms with Crippen molar-refractivity contribution in [3.05, 3.63) is 28.7 Å². The summed E-state index contributed by atoms with van der Waals surface area (Å²) in [6.45, 7) is 1.24. The zero-order valence-electron chi connectivity index (χ0n) is 10.6. The van der Waals surface area contributed by atoms with Crippen LogP contribution in [0.15, 0.2) is 28.7 Å². The van der Waals surface area contributed by atoms with E-state index in [0.29, 0.717) is 12.1 Å². The normalized spacial score (nSPS) is 23.0. The molecule has 1 aliphatic carbocycles. The van der Waals surface area contributed by atoms with E-state index in [0.717, 1.165) is 4.47 Å². The molecule has 0 radical (unpaired) electrons. The fourth-order valence-electron chi connectivity index (χ4n) is 1.68. The number of carbonyl (C=O) groups is 2. The molecular weight excluding hydrogens is 369 g/mol. The summed E-state index contributed by atoms with van der Waals surface area (Å²) in [7, 11) is 0. The second-order valence-corrected chi connectivity index (χ2v) is 7.25. The van der Waals surface area contributed by atoms with E-state index < -0.39 is 21.6 Å². The maximum Gasteiger partial charge on any atom is 0.315 e. The number of halogens is 3. The zero-order chi connectivity index (χ0) is 15.0. The second-order valence-electron chi connectivity index (χ2n) is 4.85. The van der Waals surface area contributed by atoms with Crippen LogP contribution < -0.4 is 5.32 Å². The number of alkyl halides is 2. The third kappa shape index (κ3) is 3.27. The van der Waals surface area contributed by atoms with Gasteiger partial charge in [0.05, 0.1) is 0 Å². The monoisotopic (exact) mass is 379 g/mol. The Balaban J connectivity index is 1.83. The molecule has 0 bridgehead atoms. The van der Waals surface area contributed by atoms with E-state index in [9.17, 15) is 9.59 Å². The van der Waals surface area contributed by atoms with Crippen LogP contribution in [0, 0.1) is 5.41 Å². The molecule has 1 aliphatic rings. The van der Waals surface area contributed by atoms with Gasteiger partial charge in [-0.3, -0.25) is 9.59 Å². The van der Waals surface area contributed by atoms with Crippen LogP contribution in [-0.2, 0) is 14.3 Å². The van der Waals surface area contributed by atoms with Crippen LogP contribution in [-0.4, -0.2) is 22.8 Å². The van der Waals surface area contributed by atoms with Crippen LogP contribution in [0.5, 0.6) is 0 Å². The molecule has 1 aromatic carbocycles. The summed E-state index contributed by atoms with van der Waals surface area (Å²) in [5, 5.41) is 2.62. The van der Waals surface area contributed by atoms with Gasteiger partial charge in [-0.2, -0.15) is 0 Å². The topological polar surface area (TPSA) is 55.4 Å². The highest BCUT2D eigenvalue weighted by atomic mass is 79.9. The van der Waals surface area contributed by atoms with E-state index in [1.165, 1.54) is 0 Å². The molecule has 20 heavy (non-hydrogen) atoms. The number of amides is 1. The second kappa shape index (κ2) is 5.54. The fraction of sp³-hybridized carbons (Fsp3) is 0.385. The molecule has 1 atom stereocenters. The average molecular weight is 381 g/mol. The maximum absolute atomic E-state index is 11.8. The lowest BCUT2D eigenvalue weighted by atomic mass is 10.1. The van der Waals surface area contributed by atoms with Gasteiger partial charge >= 0.3 is 5.97 Å². The van der Waals surface area contributed by atoms with Crippen molar-refractivity contribution in [2.45, 2.75) is 17.7 Å². The van der Waals surface area contributed by atoms with Gasteiger partial charge in [-0.15, -0.1) is 23.2 Å². The predicted molar refractivity (Wildman–Crippen MR) is 80.9 cm³/mol. The minimum Gasteiger partial charge on any atom is -0.455 e. The maximum atomic E-state index is 11.8. The Kier molecular flexibility index (Phi) is 4.33. The lowest BCUT2D eigenvalue weighted by Gasteiger charge is -2.11. The molecule has 1 aromatic rings. The Morgan fingerprint density at radius 1 is 1.45 bits per heavy atom. The van der Waals surface area contributed by atoms with Gasteiger partial charge in [0.1, 0.15) is 9.75 Å². The average Bonchev–Trinajstić information content (AvgIpc) is 2.87. The minimum atomic E-state index is -1.09. The Morgan fingerprint density at radius 2 is 2.10 bits per heavy atom. The van der Waals surface area contributed by atoms with Gasteiger partial charge in [-0.1, -0.05) is 22.0 Å². The van der Waals surface area contributed by atoms with Crippen LogP contribution in [0.1, 0.15) is 13.3 Å². The lowest BCUT2D eigenvalue weighted by molar-refractivity contribution is -0.152. The van der Waals surface area contributed by atoms with E-state index >= 15 is 0 Å². The molecule has 0 aliphatic heterocycles. The van der Waals surface area contributed by atoms with Gasteiger partial charge < -0.3 is 10.1 Å². The number of ether oxygens (including phenoxy) is 1. The summed E-state index contributed by atoms with van der Waals surface area (Å²) in [6.07, 6.45) is 0.329. The SMILES string of the molecule is C[C@@]1(C(=O)OCC(=O)Nc2cccc(Br)c2)CC1(Cl)Cl. The Labute approximate surface area is 134 Å². The number of rotatable bonds is 4. The quantitative estimate of drug-likeness (QED) is 0.642. The highest BCUT2D eigenvalue weighted by Gasteiger charge is 2.69. The third-order valence-corrected chi connectivity index (χ3v) is 4.75. The van der Waals surface area contributed by atoms with Crippen molar-refractivity contribution >= 4 is 56.7 Å². The number of carbonyl (C=O) groups excluding carboxylic acids is 2. The molecule has 1 amide bonds. The largest absolute Gasteiger partial charge is 0.455 e. The van der Waals surface area contributed by atoms with Crippen molar-refractivity contribution in [1.82, 2.24) is 0 Å². The van der Waals surface area contributed by atoms with Crippen LogP contribution in [0.4, 0.5) is 5.69 Å². The third-order valence-electron chi connectivity index (χ3n) is 3.15. The van der Waals surface area contributed by atoms with E-state index in [-0.39, 0.29) is 6.61 Å². The van der Waals surface area contributed by atoms with Gasteiger partial charge in [0.15, 0.2) is 6.61 Å². The van der Waals surface area contributed by atoms with E-state index in [1.54, 1.807) is 25.1 Å². The number of anilines is 1. The molecule has 4 nitrogen and oxygen atoms in total. The van der Waals surface area contributed by atoms with Crippen LogP contribution in [0.2, 0.25) is 0 Å². The number of nitrogens with one attached hydrogen (secondary N) is 1. The van der Waals surface area contributed by atoms with Gasteiger partial charge in [-0.05, 0) is 25.1 Å². The molecule has 1 N–H and O–H groups in total. The van der Waals surface area contributed by atoms with Gasteiger partial charge in [0.2, 0.25) is 0 Å². The molecule has 0 saturated heterocycles. The molecule has 1 saturated carbocycles. The van der Waals surface area contributed by atoms with E-state index in [4.69, 9.17) is 27.9 Å². The zero-order valence-corrected chi connectivity index (χ0v) is 13.7. The smallest absolute Gasteiger partial charge is 0.315 e. The molecule has 0 spiro atoms. The first-order chi connectivity index (χ1) is 9.24. The number of hydrogen-bond acceptors (Lipinski definition) is 3. The Hall–Kier alpha value is -0.780. The van der Waals surface area contributed by atoms with Gasteiger partial charge in [-0.25, -0.2) is 0 Å². The summed E-state index contributed by atoms with van der Waals surface area (Å²) >= 11 is 15.0. The minimum absolute atomic E-state index is 0.329. The molecule has 7 heteroatoms. The molecule has 0 unspecified atom stereocenters. The van der Waals surface area contributed by atoms with E-state index in [1.807, 2.05) is 6.07 Å². The van der Waals surface area contributed by atoms with Crippen LogP contribution in [0.3, 0.4) is 0 Å². The summed E-state index contributed by atoms with van der Waals surface area (Å²) in [4.78, 5) is 23.4. The predicted octanol–water partition coefficient (Wildman–Crippen LogP) is 3.51. The highest BCUT2D eigenvalue weighted by Crippen LogP contribution is 2.64. The van der Waals surface area contributed by atoms with E-state index in [2.05, 4.69) is 21.2 Å². The summed E-state index contributed by atoms with van der Waals surface area (Å²) in [5.74, 6) is -0.984.